The van der Waals surface area contributed by atoms with E-state index in [4.69, 9.17) is 9.47 Å². The van der Waals surface area contributed by atoms with Crippen LogP contribution in [0.1, 0.15) is 25.7 Å². The number of rotatable bonds is 3. The number of likely N-dealkylation sites (tertiary alicyclic amines) is 1. The average Bonchev–Trinajstić information content (AvgIpc) is 3.16. The lowest BCUT2D eigenvalue weighted by Crippen LogP contribution is -2.60. The van der Waals surface area contributed by atoms with Crippen molar-refractivity contribution >= 4 is 16.9 Å². The van der Waals surface area contributed by atoms with Crippen molar-refractivity contribution in [1.82, 2.24) is 14.5 Å². The monoisotopic (exact) mass is 381 g/mol. The lowest BCUT2D eigenvalue weighted by Gasteiger charge is -2.54. The highest BCUT2D eigenvalue weighted by Gasteiger charge is 2.50. The van der Waals surface area contributed by atoms with E-state index in [1.54, 1.807) is 6.33 Å². The Morgan fingerprint density at radius 3 is 3.07 bits per heavy atom. The van der Waals surface area contributed by atoms with Crippen molar-refractivity contribution in [2.24, 2.45) is 5.41 Å². The van der Waals surface area contributed by atoms with E-state index >= 15 is 0 Å². The quantitative estimate of drug-likeness (QED) is 0.767. The van der Waals surface area contributed by atoms with Gasteiger partial charge in [-0.3, -0.25) is 4.79 Å². The summed E-state index contributed by atoms with van der Waals surface area (Å²) in [4.78, 5) is 20.0. The van der Waals surface area contributed by atoms with Crippen molar-refractivity contribution in [3.63, 3.8) is 0 Å². The van der Waals surface area contributed by atoms with Crippen LogP contribution >= 0.6 is 0 Å². The third-order valence-electron chi connectivity index (χ3n) is 6.69. The molecule has 0 unspecified atom stereocenters. The summed E-state index contributed by atoms with van der Waals surface area (Å²) < 4.78 is 13.5. The highest BCUT2D eigenvalue weighted by Crippen LogP contribution is 2.47. The zero-order valence-corrected chi connectivity index (χ0v) is 16.2. The minimum Gasteiger partial charge on any atom is -0.380 e. The maximum absolute atomic E-state index is 13.4. The van der Waals surface area contributed by atoms with Crippen molar-refractivity contribution in [1.29, 1.82) is 0 Å². The molecule has 6 nitrogen and oxygen atoms in total. The van der Waals surface area contributed by atoms with Crippen molar-refractivity contribution in [3.05, 3.63) is 42.2 Å². The van der Waals surface area contributed by atoms with Gasteiger partial charge in [0.25, 0.3) is 0 Å². The fourth-order valence-electron chi connectivity index (χ4n) is 5.35. The summed E-state index contributed by atoms with van der Waals surface area (Å²) in [5, 5.41) is 0. The fraction of sp³-hybridized carbons (Fsp3) is 0.545. The number of imidazole rings is 1. The predicted molar refractivity (Wildman–Crippen MR) is 106 cm³/mol. The van der Waals surface area contributed by atoms with Crippen LogP contribution in [0.4, 0.5) is 0 Å². The van der Waals surface area contributed by atoms with Crippen LogP contribution < -0.4 is 0 Å². The van der Waals surface area contributed by atoms with Gasteiger partial charge in [-0.05, 0) is 37.8 Å². The maximum Gasteiger partial charge on any atom is 0.242 e. The Labute approximate surface area is 165 Å². The van der Waals surface area contributed by atoms with Gasteiger partial charge in [0.2, 0.25) is 5.91 Å². The van der Waals surface area contributed by atoms with Crippen LogP contribution in [0.2, 0.25) is 0 Å². The van der Waals surface area contributed by atoms with Crippen molar-refractivity contribution in [3.8, 4) is 0 Å². The molecular weight excluding hydrogens is 354 g/mol. The van der Waals surface area contributed by atoms with Crippen molar-refractivity contribution in [2.75, 3.05) is 33.0 Å². The summed E-state index contributed by atoms with van der Waals surface area (Å²) in [6.45, 7) is 4.08. The van der Waals surface area contributed by atoms with E-state index in [-0.39, 0.29) is 17.4 Å². The van der Waals surface area contributed by atoms with Gasteiger partial charge in [-0.15, -0.1) is 0 Å². The van der Waals surface area contributed by atoms with Gasteiger partial charge in [-0.25, -0.2) is 4.98 Å². The molecule has 4 heterocycles. The van der Waals surface area contributed by atoms with Crippen LogP contribution in [0, 0.1) is 5.41 Å². The van der Waals surface area contributed by atoms with Gasteiger partial charge in [0.05, 0.1) is 37.2 Å². The predicted octanol–water partition coefficient (Wildman–Crippen LogP) is 2.78. The minimum absolute atomic E-state index is 0.0348. The number of piperidine rings is 1. The van der Waals surface area contributed by atoms with Crippen LogP contribution in [0.5, 0.6) is 0 Å². The highest BCUT2D eigenvalue weighted by atomic mass is 16.5. The third-order valence-corrected chi connectivity index (χ3v) is 6.69. The van der Waals surface area contributed by atoms with E-state index < -0.39 is 0 Å². The first-order valence-corrected chi connectivity index (χ1v) is 10.3. The summed E-state index contributed by atoms with van der Waals surface area (Å²) in [6.07, 6.45) is 8.01. The van der Waals surface area contributed by atoms with E-state index in [1.807, 2.05) is 28.8 Å². The SMILES string of the molecule is O=C(Cn1cnc2ccccc21)N1CCC[C@@]2(C3=CCOCC3)COCC[C@H]12. The molecule has 1 amide bonds. The second-order valence-electron chi connectivity index (χ2n) is 8.12. The maximum atomic E-state index is 13.4. The number of benzene rings is 1. The normalized spacial score (nSPS) is 28.1. The number of amides is 1. The Morgan fingerprint density at radius 2 is 2.18 bits per heavy atom. The lowest BCUT2D eigenvalue weighted by atomic mass is 9.65. The molecule has 2 aromatic rings. The number of hydrogen-bond donors (Lipinski definition) is 0. The van der Waals surface area contributed by atoms with Crippen molar-refractivity contribution < 1.29 is 14.3 Å². The van der Waals surface area contributed by atoms with E-state index in [1.165, 1.54) is 5.57 Å². The number of para-hydroxylation sites is 2. The highest BCUT2D eigenvalue weighted by molar-refractivity contribution is 5.81. The molecule has 0 bridgehead atoms. The van der Waals surface area contributed by atoms with E-state index in [9.17, 15) is 4.79 Å². The topological polar surface area (TPSA) is 56.6 Å². The second kappa shape index (κ2) is 7.33. The molecule has 6 heteroatoms. The van der Waals surface area contributed by atoms with E-state index in [0.29, 0.717) is 13.2 Å². The molecular formula is C22H27N3O3. The number of aromatic nitrogens is 2. The van der Waals surface area contributed by atoms with Crippen molar-refractivity contribution in [2.45, 2.75) is 38.3 Å². The van der Waals surface area contributed by atoms with E-state index in [2.05, 4.69) is 16.0 Å². The standard InChI is InChI=1S/C22H27N3O3/c26-21(14-24-16-23-18-4-1-2-5-19(18)24)25-10-3-9-22(15-28-13-8-20(22)25)17-6-11-27-12-7-17/h1-2,4-6,16,20H,3,7-15H2/t20-,22-/m0/s1. The first-order chi connectivity index (χ1) is 13.8. The smallest absolute Gasteiger partial charge is 0.242 e. The van der Waals surface area contributed by atoms with Gasteiger partial charge in [0.1, 0.15) is 6.54 Å². The van der Waals surface area contributed by atoms with Crippen LogP contribution in [-0.2, 0) is 20.8 Å². The average molecular weight is 381 g/mol. The van der Waals surface area contributed by atoms with Gasteiger partial charge in [-0.1, -0.05) is 23.8 Å². The summed E-state index contributed by atoms with van der Waals surface area (Å²) in [5.74, 6) is 0.187. The molecule has 1 aromatic heterocycles. The third kappa shape index (κ3) is 2.95. The Kier molecular flexibility index (Phi) is 4.69. The number of carbonyl (C=O) groups is 1. The number of ether oxygens (including phenoxy) is 2. The molecule has 148 valence electrons. The molecule has 0 N–H and O–H groups in total. The van der Waals surface area contributed by atoms with Crippen LogP contribution in [-0.4, -0.2) is 59.4 Å². The van der Waals surface area contributed by atoms with Crippen LogP contribution in [0.25, 0.3) is 11.0 Å². The van der Waals surface area contributed by atoms with Gasteiger partial charge in [-0.2, -0.15) is 0 Å². The zero-order chi connectivity index (χ0) is 19.0. The number of carbonyl (C=O) groups excluding carboxylic acids is 1. The summed E-state index contributed by atoms with van der Waals surface area (Å²) in [5.41, 5.74) is 3.35. The largest absolute Gasteiger partial charge is 0.380 e. The first-order valence-electron chi connectivity index (χ1n) is 10.3. The van der Waals surface area contributed by atoms with Crippen LogP contribution in [0.15, 0.2) is 42.2 Å². The van der Waals surface area contributed by atoms with Gasteiger partial charge in [0.15, 0.2) is 0 Å². The summed E-state index contributed by atoms with van der Waals surface area (Å²) in [6, 6.07) is 8.20. The summed E-state index contributed by atoms with van der Waals surface area (Å²) >= 11 is 0. The lowest BCUT2D eigenvalue weighted by molar-refractivity contribution is -0.147. The Hall–Kier alpha value is -2.18. The van der Waals surface area contributed by atoms with Gasteiger partial charge >= 0.3 is 0 Å². The molecule has 2 atom stereocenters. The minimum atomic E-state index is -0.0348. The molecule has 3 aliphatic heterocycles. The van der Waals surface area contributed by atoms with Gasteiger partial charge < -0.3 is 18.9 Å². The number of hydrogen-bond acceptors (Lipinski definition) is 4. The molecule has 3 aliphatic rings. The van der Waals surface area contributed by atoms with E-state index in [0.717, 1.165) is 63.1 Å². The number of nitrogens with zero attached hydrogens (tertiary/aromatic N) is 3. The molecule has 0 radical (unpaired) electrons. The first kappa shape index (κ1) is 17.9. The molecule has 28 heavy (non-hydrogen) atoms. The molecule has 1 aromatic carbocycles. The molecule has 0 aliphatic carbocycles. The Bertz CT molecular complexity index is 901. The van der Waals surface area contributed by atoms with Gasteiger partial charge in [0, 0.05) is 24.6 Å². The number of fused-ring (bicyclic) bond motifs is 2. The molecule has 0 spiro atoms. The molecule has 5 rings (SSSR count). The fourth-order valence-corrected chi connectivity index (χ4v) is 5.35. The molecule has 0 saturated carbocycles. The Morgan fingerprint density at radius 1 is 1.25 bits per heavy atom. The molecule has 2 saturated heterocycles. The van der Waals surface area contributed by atoms with Crippen LogP contribution in [0.3, 0.4) is 0 Å². The zero-order valence-electron chi connectivity index (χ0n) is 16.2. The molecule has 2 fully saturated rings. The Balaban J connectivity index is 1.42. The second-order valence-corrected chi connectivity index (χ2v) is 8.12. The summed E-state index contributed by atoms with van der Waals surface area (Å²) in [7, 11) is 0.